The molecule has 0 saturated carbocycles. The van der Waals surface area contributed by atoms with Crippen LogP contribution in [-0.2, 0) is 28.6 Å². The van der Waals surface area contributed by atoms with Crippen LogP contribution in [0.2, 0.25) is 0 Å². The molecule has 0 rings (SSSR count). The highest BCUT2D eigenvalue weighted by atomic mass is 16.6. The van der Waals surface area contributed by atoms with Gasteiger partial charge in [0.2, 0.25) is 0 Å². The van der Waals surface area contributed by atoms with Gasteiger partial charge < -0.3 is 14.2 Å². The van der Waals surface area contributed by atoms with Gasteiger partial charge in [-0.15, -0.1) is 0 Å². The van der Waals surface area contributed by atoms with Crippen LogP contribution in [0, 0.1) is 0 Å². The van der Waals surface area contributed by atoms with E-state index >= 15 is 0 Å². The van der Waals surface area contributed by atoms with Crippen molar-refractivity contribution in [3.05, 3.63) is 85.1 Å². The predicted molar refractivity (Wildman–Crippen MR) is 288 cm³/mol. The lowest BCUT2D eigenvalue weighted by Gasteiger charge is -2.18. The van der Waals surface area contributed by atoms with Crippen molar-refractivity contribution in [1.82, 2.24) is 0 Å². The Labute approximate surface area is 414 Å². The summed E-state index contributed by atoms with van der Waals surface area (Å²) in [6.45, 7) is 6.45. The summed E-state index contributed by atoms with van der Waals surface area (Å²) in [6.07, 6.45) is 71.5. The number of allylic oxidation sites excluding steroid dienone is 14. The van der Waals surface area contributed by atoms with E-state index in [-0.39, 0.29) is 31.6 Å². The van der Waals surface area contributed by atoms with Gasteiger partial charge >= 0.3 is 17.9 Å². The quantitative estimate of drug-likeness (QED) is 0.0199. The smallest absolute Gasteiger partial charge is 0.306 e. The van der Waals surface area contributed by atoms with Gasteiger partial charge in [-0.2, -0.15) is 0 Å². The first kappa shape index (κ1) is 63.6. The van der Waals surface area contributed by atoms with Crippen LogP contribution in [0.3, 0.4) is 0 Å². The van der Waals surface area contributed by atoms with E-state index in [1.54, 1.807) is 0 Å². The van der Waals surface area contributed by atoms with Gasteiger partial charge in [-0.1, -0.05) is 254 Å². The molecule has 0 aromatic carbocycles. The number of carbonyl (C=O) groups is 3. The summed E-state index contributed by atoms with van der Waals surface area (Å²) in [7, 11) is 0. The van der Waals surface area contributed by atoms with Crippen molar-refractivity contribution in [3.8, 4) is 0 Å². The summed E-state index contributed by atoms with van der Waals surface area (Å²) in [6, 6.07) is 0. The second-order valence-corrected chi connectivity index (χ2v) is 18.5. The fraction of sp³-hybridized carbons (Fsp3) is 0.721. The zero-order chi connectivity index (χ0) is 48.6. The highest BCUT2D eigenvalue weighted by Crippen LogP contribution is 2.15. The minimum absolute atomic E-state index is 0.105. The topological polar surface area (TPSA) is 78.9 Å². The third kappa shape index (κ3) is 53.4. The second-order valence-electron chi connectivity index (χ2n) is 18.5. The Morgan fingerprint density at radius 3 is 1.06 bits per heavy atom. The molecule has 0 heterocycles. The zero-order valence-corrected chi connectivity index (χ0v) is 43.9. The van der Waals surface area contributed by atoms with E-state index in [0.717, 1.165) is 70.6 Å². The van der Waals surface area contributed by atoms with Crippen molar-refractivity contribution < 1.29 is 28.6 Å². The zero-order valence-electron chi connectivity index (χ0n) is 43.9. The van der Waals surface area contributed by atoms with E-state index in [1.165, 1.54) is 148 Å². The summed E-state index contributed by atoms with van der Waals surface area (Å²) in [5.74, 6) is -0.987. The van der Waals surface area contributed by atoms with Gasteiger partial charge in [-0.25, -0.2) is 0 Å². The Morgan fingerprint density at radius 2 is 0.657 bits per heavy atom. The van der Waals surface area contributed by atoms with E-state index in [9.17, 15) is 14.4 Å². The summed E-state index contributed by atoms with van der Waals surface area (Å²) >= 11 is 0. The molecule has 0 fully saturated rings. The first-order chi connectivity index (χ1) is 33.0. The molecular weight excluding hydrogens is 829 g/mol. The lowest BCUT2D eigenvalue weighted by atomic mass is 10.0. The van der Waals surface area contributed by atoms with Crippen LogP contribution in [0.1, 0.15) is 265 Å². The molecule has 67 heavy (non-hydrogen) atoms. The van der Waals surface area contributed by atoms with Crippen LogP contribution in [0.25, 0.3) is 0 Å². The Hall–Kier alpha value is -3.41. The number of hydrogen-bond donors (Lipinski definition) is 0. The van der Waals surface area contributed by atoms with E-state index in [1.807, 2.05) is 6.08 Å². The van der Waals surface area contributed by atoms with Crippen molar-refractivity contribution in [2.45, 2.75) is 271 Å². The third-order valence-corrected chi connectivity index (χ3v) is 11.9. The van der Waals surface area contributed by atoms with Crippen LogP contribution in [-0.4, -0.2) is 37.2 Å². The molecule has 0 spiro atoms. The molecular formula is C61H104O6. The minimum Gasteiger partial charge on any atom is -0.462 e. The molecule has 0 saturated heterocycles. The Morgan fingerprint density at radius 1 is 0.328 bits per heavy atom. The number of rotatable bonds is 50. The third-order valence-electron chi connectivity index (χ3n) is 11.9. The summed E-state index contributed by atoms with van der Waals surface area (Å²) in [5.41, 5.74) is 0. The Balaban J connectivity index is 4.46. The molecule has 0 aliphatic carbocycles. The number of esters is 3. The molecule has 0 bridgehead atoms. The Kier molecular flexibility index (Phi) is 52.4. The van der Waals surface area contributed by atoms with Gasteiger partial charge in [0.05, 0.1) is 0 Å². The first-order valence-corrected chi connectivity index (χ1v) is 28.1. The van der Waals surface area contributed by atoms with Crippen LogP contribution in [0.4, 0.5) is 0 Å². The monoisotopic (exact) mass is 933 g/mol. The fourth-order valence-corrected chi connectivity index (χ4v) is 7.72. The van der Waals surface area contributed by atoms with Gasteiger partial charge in [0, 0.05) is 19.3 Å². The van der Waals surface area contributed by atoms with E-state index in [4.69, 9.17) is 14.2 Å². The molecule has 0 radical (unpaired) electrons. The lowest BCUT2D eigenvalue weighted by Crippen LogP contribution is -2.30. The SMILES string of the molecule is CC/C=C\C/C=C\C/C=C\C/C=C\C/C=C\CCC(=O)OC(COC(=O)CCCCCCCCCCCC/C=C\C=C/CCCCC)COC(=O)CCCCCCCCCCCCCCCC. The first-order valence-electron chi connectivity index (χ1n) is 28.1. The maximum absolute atomic E-state index is 12.8. The molecule has 1 atom stereocenters. The molecule has 6 nitrogen and oxygen atoms in total. The van der Waals surface area contributed by atoms with Gasteiger partial charge in [-0.05, 0) is 77.0 Å². The van der Waals surface area contributed by atoms with Crippen molar-refractivity contribution in [3.63, 3.8) is 0 Å². The lowest BCUT2D eigenvalue weighted by molar-refractivity contribution is -0.166. The minimum atomic E-state index is -0.816. The average Bonchev–Trinajstić information content (AvgIpc) is 3.33. The highest BCUT2D eigenvalue weighted by molar-refractivity contribution is 5.71. The van der Waals surface area contributed by atoms with E-state index in [2.05, 4.69) is 99.8 Å². The molecule has 0 aromatic heterocycles. The van der Waals surface area contributed by atoms with Crippen molar-refractivity contribution in [1.29, 1.82) is 0 Å². The normalized spacial score (nSPS) is 12.7. The maximum atomic E-state index is 12.8. The number of unbranched alkanes of at least 4 members (excludes halogenated alkanes) is 26. The van der Waals surface area contributed by atoms with Crippen molar-refractivity contribution in [2.24, 2.45) is 0 Å². The van der Waals surface area contributed by atoms with Crippen LogP contribution in [0.15, 0.2) is 85.1 Å². The van der Waals surface area contributed by atoms with E-state index in [0.29, 0.717) is 19.3 Å². The average molecular weight is 933 g/mol. The van der Waals surface area contributed by atoms with Crippen LogP contribution >= 0.6 is 0 Å². The van der Waals surface area contributed by atoms with Gasteiger partial charge in [0.1, 0.15) is 13.2 Å². The van der Waals surface area contributed by atoms with E-state index < -0.39 is 12.1 Å². The Bertz CT molecular complexity index is 1300. The largest absolute Gasteiger partial charge is 0.462 e. The van der Waals surface area contributed by atoms with Crippen molar-refractivity contribution >= 4 is 17.9 Å². The van der Waals surface area contributed by atoms with Crippen molar-refractivity contribution in [2.75, 3.05) is 13.2 Å². The van der Waals surface area contributed by atoms with Gasteiger partial charge in [0.15, 0.2) is 6.10 Å². The number of carbonyl (C=O) groups excluding carboxylic acids is 3. The molecule has 1 unspecified atom stereocenters. The van der Waals surface area contributed by atoms with Crippen LogP contribution in [0.5, 0.6) is 0 Å². The number of hydrogen-bond acceptors (Lipinski definition) is 6. The van der Waals surface area contributed by atoms with Gasteiger partial charge in [0.25, 0.3) is 0 Å². The molecule has 0 aliphatic heterocycles. The maximum Gasteiger partial charge on any atom is 0.306 e. The van der Waals surface area contributed by atoms with Crippen LogP contribution < -0.4 is 0 Å². The molecule has 0 N–H and O–H groups in total. The summed E-state index contributed by atoms with van der Waals surface area (Å²) in [5, 5.41) is 0. The fourth-order valence-electron chi connectivity index (χ4n) is 7.72. The molecule has 0 aromatic rings. The van der Waals surface area contributed by atoms with Gasteiger partial charge in [-0.3, -0.25) is 14.4 Å². The summed E-state index contributed by atoms with van der Waals surface area (Å²) in [4.78, 5) is 38.1. The predicted octanol–water partition coefficient (Wildman–Crippen LogP) is 18.8. The number of ether oxygens (including phenoxy) is 3. The molecule has 0 amide bonds. The standard InChI is InChI=1S/C61H104O6/c1-4-7-10-13-16-19-22-25-28-30-31-32-34-36-39-42-45-48-51-54-60(63)66-57-58(56-65-59(62)53-50-47-44-41-38-35-27-24-21-18-15-12-9-6-3)67-61(64)55-52-49-46-43-40-37-33-29-26-23-20-17-14-11-8-5-2/h8,11,16-17,19-20,22,25-26,29,37,40,46,49,58H,4-7,9-10,12-15,18,21,23-24,27-28,30-36,38-39,41-45,47-48,50-57H2,1-3H3/b11-8-,19-16-,20-17-,25-22-,29-26-,40-37-,49-46-. The highest BCUT2D eigenvalue weighted by Gasteiger charge is 2.19. The molecule has 6 heteroatoms. The summed E-state index contributed by atoms with van der Waals surface area (Å²) < 4.78 is 16.8. The molecule has 0 aliphatic rings. The second kappa shape index (κ2) is 55.2. The molecule has 384 valence electrons.